The van der Waals surface area contributed by atoms with Gasteiger partial charge in [-0.1, -0.05) is 30.3 Å². The fourth-order valence-corrected chi connectivity index (χ4v) is 2.88. The van der Waals surface area contributed by atoms with Gasteiger partial charge in [0.05, 0.1) is 12.7 Å². The van der Waals surface area contributed by atoms with E-state index in [0.717, 1.165) is 5.56 Å². The van der Waals surface area contributed by atoms with Gasteiger partial charge >= 0.3 is 0 Å². The summed E-state index contributed by atoms with van der Waals surface area (Å²) in [4.78, 5) is 24.4. The monoisotopic (exact) mass is 419 g/mol. The van der Waals surface area contributed by atoms with Crippen molar-refractivity contribution in [3.8, 4) is 17.2 Å². The Morgan fingerprint density at radius 3 is 2.26 bits per heavy atom. The summed E-state index contributed by atoms with van der Waals surface area (Å²) < 4.78 is 16.7. The number of hydrogen-bond acceptors (Lipinski definition) is 5. The summed E-state index contributed by atoms with van der Waals surface area (Å²) >= 11 is 0. The maximum Gasteiger partial charge on any atom is 0.265 e. The smallest absolute Gasteiger partial charge is 0.265 e. The van der Waals surface area contributed by atoms with Gasteiger partial charge in [-0.15, -0.1) is 0 Å². The van der Waals surface area contributed by atoms with E-state index < -0.39 is 6.10 Å². The van der Waals surface area contributed by atoms with Crippen molar-refractivity contribution >= 4 is 17.4 Å². The third-order valence-electron chi connectivity index (χ3n) is 4.61. The maximum atomic E-state index is 12.6. The zero-order valence-electron chi connectivity index (χ0n) is 17.8. The predicted molar refractivity (Wildman–Crippen MR) is 119 cm³/mol. The van der Waals surface area contributed by atoms with Crippen molar-refractivity contribution in [2.45, 2.75) is 26.6 Å². The second-order valence-electron chi connectivity index (χ2n) is 6.97. The van der Waals surface area contributed by atoms with Crippen molar-refractivity contribution < 1.29 is 23.8 Å². The second-order valence-corrected chi connectivity index (χ2v) is 6.97. The number of hydrogen-bond donors (Lipinski definition) is 1. The van der Waals surface area contributed by atoms with E-state index in [1.807, 2.05) is 30.3 Å². The van der Waals surface area contributed by atoms with Gasteiger partial charge in [-0.25, -0.2) is 0 Å². The Hall–Kier alpha value is -3.80. The molecular formula is C25H25NO5. The fourth-order valence-electron chi connectivity index (χ4n) is 2.88. The Morgan fingerprint density at radius 1 is 0.935 bits per heavy atom. The molecular weight excluding hydrogens is 394 g/mol. The molecule has 0 saturated heterocycles. The molecule has 0 radical (unpaired) electrons. The Kier molecular flexibility index (Phi) is 7.27. The lowest BCUT2D eigenvalue weighted by molar-refractivity contribution is -0.122. The lowest BCUT2D eigenvalue weighted by atomic mass is 10.1. The summed E-state index contributed by atoms with van der Waals surface area (Å²) in [5.74, 6) is 1.05. The Balaban J connectivity index is 1.59. The molecule has 0 aliphatic rings. The van der Waals surface area contributed by atoms with Crippen molar-refractivity contribution in [1.29, 1.82) is 0 Å². The third-order valence-corrected chi connectivity index (χ3v) is 4.61. The molecule has 0 spiro atoms. The summed E-state index contributed by atoms with van der Waals surface area (Å²) in [6, 6.07) is 21.9. The molecule has 3 rings (SSSR count). The van der Waals surface area contributed by atoms with E-state index in [0.29, 0.717) is 35.1 Å². The SMILES string of the molecule is COc1ccc(C(C)=O)c(OC(C)C(=O)Nc2ccc(OCc3ccccc3)cc2)c1. The maximum absolute atomic E-state index is 12.6. The molecule has 6 nitrogen and oxygen atoms in total. The number of carbonyl (C=O) groups is 2. The Bertz CT molecular complexity index is 1030. The number of ether oxygens (including phenoxy) is 3. The largest absolute Gasteiger partial charge is 0.497 e. The first kappa shape index (κ1) is 21.9. The van der Waals surface area contributed by atoms with Crippen LogP contribution in [0.15, 0.2) is 72.8 Å². The third kappa shape index (κ3) is 6.09. The van der Waals surface area contributed by atoms with E-state index in [-0.39, 0.29) is 11.7 Å². The van der Waals surface area contributed by atoms with Gasteiger partial charge in [0.1, 0.15) is 23.9 Å². The van der Waals surface area contributed by atoms with Gasteiger partial charge in [-0.3, -0.25) is 9.59 Å². The molecule has 0 bridgehead atoms. The van der Waals surface area contributed by atoms with Gasteiger partial charge < -0.3 is 19.5 Å². The highest BCUT2D eigenvalue weighted by Crippen LogP contribution is 2.26. The molecule has 0 aliphatic heterocycles. The van der Waals surface area contributed by atoms with E-state index in [4.69, 9.17) is 14.2 Å². The molecule has 31 heavy (non-hydrogen) atoms. The van der Waals surface area contributed by atoms with Gasteiger partial charge in [-0.05, 0) is 55.8 Å². The summed E-state index contributed by atoms with van der Waals surface area (Å²) in [6.45, 7) is 3.54. The van der Waals surface area contributed by atoms with Crippen LogP contribution in [0, 0.1) is 0 Å². The number of Topliss-reactive ketones (excluding diaryl/α,β-unsaturated/α-hetero) is 1. The van der Waals surface area contributed by atoms with Crippen LogP contribution >= 0.6 is 0 Å². The number of nitrogens with one attached hydrogen (secondary N) is 1. The molecule has 3 aromatic rings. The zero-order valence-corrected chi connectivity index (χ0v) is 17.8. The van der Waals surface area contributed by atoms with Gasteiger partial charge in [0.25, 0.3) is 5.91 Å². The van der Waals surface area contributed by atoms with Crippen LogP contribution in [0.25, 0.3) is 0 Å². The summed E-state index contributed by atoms with van der Waals surface area (Å²) in [5.41, 5.74) is 2.08. The number of methoxy groups -OCH3 is 1. The van der Waals surface area contributed by atoms with Crippen molar-refractivity contribution in [3.63, 3.8) is 0 Å². The molecule has 0 aromatic heterocycles. The van der Waals surface area contributed by atoms with E-state index in [2.05, 4.69) is 5.32 Å². The van der Waals surface area contributed by atoms with Crippen LogP contribution in [-0.2, 0) is 11.4 Å². The topological polar surface area (TPSA) is 73.9 Å². The van der Waals surface area contributed by atoms with Gasteiger partial charge in [0.2, 0.25) is 0 Å². The molecule has 1 unspecified atom stereocenters. The van der Waals surface area contributed by atoms with Gasteiger partial charge in [0.15, 0.2) is 11.9 Å². The number of amides is 1. The van der Waals surface area contributed by atoms with E-state index >= 15 is 0 Å². The highest BCUT2D eigenvalue weighted by molar-refractivity contribution is 5.98. The first-order chi connectivity index (χ1) is 15.0. The molecule has 0 heterocycles. The van der Waals surface area contributed by atoms with Crippen molar-refractivity contribution in [1.82, 2.24) is 0 Å². The van der Waals surface area contributed by atoms with E-state index in [1.54, 1.807) is 49.4 Å². The minimum absolute atomic E-state index is 0.156. The zero-order chi connectivity index (χ0) is 22.2. The Labute approximate surface area is 181 Å². The van der Waals surface area contributed by atoms with Crippen LogP contribution in [0.4, 0.5) is 5.69 Å². The first-order valence-electron chi connectivity index (χ1n) is 9.89. The van der Waals surface area contributed by atoms with Crippen LogP contribution < -0.4 is 19.5 Å². The standard InChI is InChI=1S/C25H25NO5/c1-17(27)23-14-13-22(29-3)15-24(23)31-18(2)25(28)26-20-9-11-21(12-10-20)30-16-19-7-5-4-6-8-19/h4-15,18H,16H2,1-3H3,(H,26,28). The second kappa shape index (κ2) is 10.3. The van der Waals surface area contributed by atoms with Gasteiger partial charge in [-0.2, -0.15) is 0 Å². The van der Waals surface area contributed by atoms with Crippen molar-refractivity contribution in [2.75, 3.05) is 12.4 Å². The molecule has 0 aliphatic carbocycles. The first-order valence-corrected chi connectivity index (χ1v) is 9.89. The van der Waals surface area contributed by atoms with Crippen LogP contribution in [-0.4, -0.2) is 24.9 Å². The van der Waals surface area contributed by atoms with Crippen molar-refractivity contribution in [2.24, 2.45) is 0 Å². The minimum atomic E-state index is -0.820. The number of benzene rings is 3. The molecule has 1 atom stereocenters. The molecule has 6 heteroatoms. The highest BCUT2D eigenvalue weighted by atomic mass is 16.5. The quantitative estimate of drug-likeness (QED) is 0.500. The van der Waals surface area contributed by atoms with Crippen LogP contribution in [0.3, 0.4) is 0 Å². The number of anilines is 1. The van der Waals surface area contributed by atoms with Crippen LogP contribution in [0.1, 0.15) is 29.8 Å². The van der Waals surface area contributed by atoms with E-state index in [1.165, 1.54) is 14.0 Å². The summed E-state index contributed by atoms with van der Waals surface area (Å²) in [6.07, 6.45) is -0.820. The normalized spacial score (nSPS) is 11.3. The van der Waals surface area contributed by atoms with E-state index in [9.17, 15) is 9.59 Å². The number of rotatable bonds is 9. The molecule has 0 saturated carbocycles. The predicted octanol–water partition coefficient (Wildman–Crippen LogP) is 4.88. The number of carbonyl (C=O) groups excluding carboxylic acids is 2. The Morgan fingerprint density at radius 2 is 1.61 bits per heavy atom. The molecule has 160 valence electrons. The molecule has 3 aromatic carbocycles. The van der Waals surface area contributed by atoms with Crippen molar-refractivity contribution in [3.05, 3.63) is 83.9 Å². The van der Waals surface area contributed by atoms with Gasteiger partial charge in [0, 0.05) is 11.8 Å². The minimum Gasteiger partial charge on any atom is -0.497 e. The average Bonchev–Trinajstić information content (AvgIpc) is 2.79. The van der Waals surface area contributed by atoms with Crippen LogP contribution in [0.2, 0.25) is 0 Å². The average molecular weight is 419 g/mol. The fraction of sp³-hybridized carbons (Fsp3) is 0.200. The summed E-state index contributed by atoms with van der Waals surface area (Å²) in [5, 5.41) is 2.80. The lowest BCUT2D eigenvalue weighted by Crippen LogP contribution is -2.30. The van der Waals surface area contributed by atoms with Crippen LogP contribution in [0.5, 0.6) is 17.2 Å². The summed E-state index contributed by atoms with van der Waals surface area (Å²) in [7, 11) is 1.52. The lowest BCUT2D eigenvalue weighted by Gasteiger charge is -2.17. The molecule has 1 amide bonds. The molecule has 0 fully saturated rings. The number of ketones is 1. The highest BCUT2D eigenvalue weighted by Gasteiger charge is 2.19. The molecule has 1 N–H and O–H groups in total.